The molecule has 28 heavy (non-hydrogen) atoms. The largest absolute Gasteiger partial charge is 0.344 e. The lowest BCUT2D eigenvalue weighted by Crippen LogP contribution is -2.49. The molecule has 1 aliphatic rings. The number of carbonyl (C=O) groups is 2. The topological polar surface area (TPSA) is 66.6 Å². The molecule has 0 bridgehead atoms. The molecule has 0 spiro atoms. The van der Waals surface area contributed by atoms with E-state index in [1.807, 2.05) is 13.8 Å². The van der Waals surface area contributed by atoms with Gasteiger partial charge in [-0.3, -0.25) is 9.59 Å². The van der Waals surface area contributed by atoms with E-state index in [0.717, 1.165) is 6.07 Å². The third kappa shape index (κ3) is 5.47. The lowest BCUT2D eigenvalue weighted by molar-refractivity contribution is -0.144. The van der Waals surface area contributed by atoms with Gasteiger partial charge < -0.3 is 15.5 Å². The van der Waals surface area contributed by atoms with Crippen molar-refractivity contribution in [1.82, 2.24) is 9.80 Å². The summed E-state index contributed by atoms with van der Waals surface area (Å²) in [5.41, 5.74) is 5.91. The summed E-state index contributed by atoms with van der Waals surface area (Å²) in [7, 11) is 1.72. The Morgan fingerprint density at radius 2 is 1.82 bits per heavy atom. The number of likely N-dealkylation sites (N-methyl/N-ethyl adjacent to an activating group) is 1. The molecule has 1 unspecified atom stereocenters. The molecule has 1 aliphatic heterocycles. The van der Waals surface area contributed by atoms with Gasteiger partial charge in [-0.2, -0.15) is 0 Å². The molecule has 1 aromatic carbocycles. The summed E-state index contributed by atoms with van der Waals surface area (Å²) in [6.45, 7) is 4.98. The molecule has 1 saturated heterocycles. The molecule has 0 saturated carbocycles. The van der Waals surface area contributed by atoms with Crippen LogP contribution in [0.15, 0.2) is 12.1 Å². The minimum atomic E-state index is -1.27. The maximum Gasteiger partial charge on any atom is 0.245 e. The van der Waals surface area contributed by atoms with Crippen LogP contribution >= 0.6 is 0 Å². The monoisotopic (exact) mass is 399 g/mol. The molecule has 1 fully saturated rings. The predicted octanol–water partition coefficient (Wildman–Crippen LogP) is 2.47. The number of rotatable bonds is 6. The van der Waals surface area contributed by atoms with Crippen molar-refractivity contribution in [3.8, 4) is 0 Å². The number of benzene rings is 1. The number of carbonyl (C=O) groups excluding carboxylic acids is 2. The van der Waals surface area contributed by atoms with Crippen LogP contribution in [0.25, 0.3) is 0 Å². The molecule has 5 nitrogen and oxygen atoms in total. The SMILES string of the molecule is CC(C)CC1C(=O)N(C)CCCN1C(=O)C[C@H](N)Cc1cc(F)c(F)cc1F. The van der Waals surface area contributed by atoms with Crippen molar-refractivity contribution < 1.29 is 22.8 Å². The van der Waals surface area contributed by atoms with E-state index < -0.39 is 29.5 Å². The Kier molecular flexibility index (Phi) is 7.46. The summed E-state index contributed by atoms with van der Waals surface area (Å²) < 4.78 is 40.3. The van der Waals surface area contributed by atoms with Crippen molar-refractivity contribution in [2.45, 2.75) is 51.6 Å². The van der Waals surface area contributed by atoms with Crippen LogP contribution < -0.4 is 5.73 Å². The molecule has 1 heterocycles. The maximum atomic E-state index is 13.8. The standard InChI is InChI=1S/C20H28F3N3O2/c1-12(2)7-18-20(28)25(3)5-4-6-26(18)19(27)10-14(24)8-13-9-16(22)17(23)11-15(13)21/h9,11-12,14,18H,4-8,10,24H2,1-3H3/t14-,18?/m1/s1. The van der Waals surface area contributed by atoms with Crippen LogP contribution in [0.3, 0.4) is 0 Å². The third-order valence-corrected chi connectivity index (χ3v) is 4.95. The summed E-state index contributed by atoms with van der Waals surface area (Å²) in [4.78, 5) is 28.7. The summed E-state index contributed by atoms with van der Waals surface area (Å²) in [5.74, 6) is -3.49. The Hall–Kier alpha value is -2.09. The van der Waals surface area contributed by atoms with Crippen molar-refractivity contribution in [1.29, 1.82) is 0 Å². The Morgan fingerprint density at radius 1 is 1.18 bits per heavy atom. The molecule has 156 valence electrons. The van der Waals surface area contributed by atoms with Gasteiger partial charge in [-0.25, -0.2) is 13.2 Å². The molecule has 2 rings (SSSR count). The number of nitrogens with zero attached hydrogens (tertiary/aromatic N) is 2. The quantitative estimate of drug-likeness (QED) is 0.748. The highest BCUT2D eigenvalue weighted by atomic mass is 19.2. The predicted molar refractivity (Wildman–Crippen MR) is 99.8 cm³/mol. The smallest absolute Gasteiger partial charge is 0.245 e. The van der Waals surface area contributed by atoms with Gasteiger partial charge >= 0.3 is 0 Å². The van der Waals surface area contributed by atoms with Gasteiger partial charge in [0.05, 0.1) is 0 Å². The second kappa shape index (κ2) is 9.41. The number of halogens is 3. The van der Waals surface area contributed by atoms with Gasteiger partial charge in [-0.15, -0.1) is 0 Å². The number of amides is 2. The van der Waals surface area contributed by atoms with E-state index in [1.165, 1.54) is 0 Å². The highest BCUT2D eigenvalue weighted by molar-refractivity contribution is 5.88. The molecule has 0 aliphatic carbocycles. The van der Waals surface area contributed by atoms with Crippen LogP contribution in [0.2, 0.25) is 0 Å². The molecule has 1 aromatic rings. The third-order valence-electron chi connectivity index (χ3n) is 4.95. The Morgan fingerprint density at radius 3 is 2.46 bits per heavy atom. The zero-order valence-electron chi connectivity index (χ0n) is 16.6. The van der Waals surface area contributed by atoms with Crippen LogP contribution in [-0.4, -0.2) is 53.8 Å². The first-order chi connectivity index (χ1) is 13.1. The van der Waals surface area contributed by atoms with Crippen LogP contribution in [-0.2, 0) is 16.0 Å². The van der Waals surface area contributed by atoms with E-state index in [2.05, 4.69) is 0 Å². The van der Waals surface area contributed by atoms with Gasteiger partial charge in [0.2, 0.25) is 11.8 Å². The number of nitrogens with two attached hydrogens (primary N) is 1. The first kappa shape index (κ1) is 22.2. The normalized spacial score (nSPS) is 19.1. The van der Waals surface area contributed by atoms with E-state index in [4.69, 9.17) is 5.73 Å². The van der Waals surface area contributed by atoms with E-state index in [0.29, 0.717) is 32.0 Å². The molecule has 2 N–H and O–H groups in total. The Balaban J connectivity index is 2.10. The highest BCUT2D eigenvalue weighted by Gasteiger charge is 2.34. The number of hydrogen-bond acceptors (Lipinski definition) is 3. The van der Waals surface area contributed by atoms with Crippen LogP contribution in [0.1, 0.15) is 38.7 Å². The summed E-state index contributed by atoms with van der Waals surface area (Å²) in [5, 5.41) is 0. The van der Waals surface area contributed by atoms with E-state index in [9.17, 15) is 22.8 Å². The van der Waals surface area contributed by atoms with E-state index in [-0.39, 0.29) is 36.1 Å². The average molecular weight is 399 g/mol. The van der Waals surface area contributed by atoms with Crippen molar-refractivity contribution >= 4 is 11.8 Å². The van der Waals surface area contributed by atoms with Crippen molar-refractivity contribution in [2.24, 2.45) is 11.7 Å². The molecule has 2 atom stereocenters. The first-order valence-corrected chi connectivity index (χ1v) is 9.53. The van der Waals surface area contributed by atoms with Crippen molar-refractivity contribution in [2.75, 3.05) is 20.1 Å². The molecule has 8 heteroatoms. The van der Waals surface area contributed by atoms with Crippen molar-refractivity contribution in [3.05, 3.63) is 35.1 Å². The van der Waals surface area contributed by atoms with Crippen LogP contribution in [0.4, 0.5) is 13.2 Å². The fourth-order valence-corrected chi connectivity index (χ4v) is 3.52. The zero-order valence-corrected chi connectivity index (χ0v) is 16.6. The van der Waals surface area contributed by atoms with Gasteiger partial charge in [0, 0.05) is 38.7 Å². The minimum Gasteiger partial charge on any atom is -0.344 e. The second-order valence-corrected chi connectivity index (χ2v) is 7.87. The average Bonchev–Trinajstić information content (AvgIpc) is 2.72. The summed E-state index contributed by atoms with van der Waals surface area (Å²) in [6, 6.07) is -0.0860. The summed E-state index contributed by atoms with van der Waals surface area (Å²) >= 11 is 0. The highest BCUT2D eigenvalue weighted by Crippen LogP contribution is 2.20. The Bertz CT molecular complexity index is 727. The van der Waals surface area contributed by atoms with E-state index >= 15 is 0 Å². The summed E-state index contributed by atoms with van der Waals surface area (Å²) in [6.07, 6.45) is 0.993. The van der Waals surface area contributed by atoms with Gasteiger partial charge in [0.25, 0.3) is 0 Å². The number of hydrogen-bond donors (Lipinski definition) is 1. The maximum absolute atomic E-state index is 13.8. The fraction of sp³-hybridized carbons (Fsp3) is 0.600. The Labute approximate surface area is 163 Å². The van der Waals surface area contributed by atoms with Gasteiger partial charge in [-0.05, 0) is 36.8 Å². The zero-order chi connectivity index (χ0) is 21.0. The van der Waals surface area contributed by atoms with Gasteiger partial charge in [0.15, 0.2) is 11.6 Å². The molecule has 0 radical (unpaired) electrons. The minimum absolute atomic E-state index is 0.0791. The molecular weight excluding hydrogens is 371 g/mol. The fourth-order valence-electron chi connectivity index (χ4n) is 3.52. The lowest BCUT2D eigenvalue weighted by Gasteiger charge is -2.31. The lowest BCUT2D eigenvalue weighted by atomic mass is 9.99. The molecule has 2 amide bonds. The molecule has 0 aromatic heterocycles. The van der Waals surface area contributed by atoms with Gasteiger partial charge in [-0.1, -0.05) is 13.8 Å². The van der Waals surface area contributed by atoms with Crippen LogP contribution in [0, 0.1) is 23.4 Å². The van der Waals surface area contributed by atoms with E-state index in [1.54, 1.807) is 16.8 Å². The molecular formula is C20H28F3N3O2. The first-order valence-electron chi connectivity index (χ1n) is 9.53. The van der Waals surface area contributed by atoms with Gasteiger partial charge in [0.1, 0.15) is 11.9 Å². The second-order valence-electron chi connectivity index (χ2n) is 7.87. The van der Waals surface area contributed by atoms with Crippen LogP contribution in [0.5, 0.6) is 0 Å². The van der Waals surface area contributed by atoms with Crippen molar-refractivity contribution in [3.63, 3.8) is 0 Å².